The molecule has 2 N–H and O–H groups in total. The Hall–Kier alpha value is -1.00. The van der Waals surface area contributed by atoms with Crippen LogP contribution >= 0.6 is 12.2 Å². The lowest BCUT2D eigenvalue weighted by molar-refractivity contribution is 0.244. The first-order valence-corrected chi connectivity index (χ1v) is 6.41. The van der Waals surface area contributed by atoms with Gasteiger partial charge in [0.2, 0.25) is 0 Å². The van der Waals surface area contributed by atoms with Crippen LogP contribution in [-0.4, -0.2) is 34.5 Å². The van der Waals surface area contributed by atoms with Crippen molar-refractivity contribution in [3.8, 4) is 0 Å². The molecular formula is C13H21N3S. The maximum absolute atomic E-state index is 5.61. The van der Waals surface area contributed by atoms with E-state index in [4.69, 9.17) is 18.0 Å². The van der Waals surface area contributed by atoms with Crippen molar-refractivity contribution in [3.63, 3.8) is 0 Å². The highest BCUT2D eigenvalue weighted by molar-refractivity contribution is 7.80. The Morgan fingerprint density at radius 3 is 2.65 bits per heavy atom. The second-order valence-electron chi connectivity index (χ2n) is 4.32. The van der Waals surface area contributed by atoms with E-state index in [9.17, 15) is 0 Å². The predicted molar refractivity (Wildman–Crippen MR) is 76.1 cm³/mol. The summed E-state index contributed by atoms with van der Waals surface area (Å²) in [7, 11) is 2.13. The molecule has 1 unspecified atom stereocenters. The van der Waals surface area contributed by atoms with E-state index in [0.29, 0.717) is 11.0 Å². The molecule has 0 amide bonds. The van der Waals surface area contributed by atoms with Crippen LogP contribution in [0.5, 0.6) is 0 Å². The maximum Gasteiger partial charge on any atom is 0.0743 e. The quantitative estimate of drug-likeness (QED) is 0.753. The lowest BCUT2D eigenvalue weighted by Gasteiger charge is -2.26. The van der Waals surface area contributed by atoms with Crippen LogP contribution in [0.3, 0.4) is 0 Å². The van der Waals surface area contributed by atoms with Crippen molar-refractivity contribution in [2.45, 2.75) is 32.2 Å². The van der Waals surface area contributed by atoms with Gasteiger partial charge in [0.1, 0.15) is 0 Å². The Morgan fingerprint density at radius 2 is 2.12 bits per heavy atom. The molecule has 17 heavy (non-hydrogen) atoms. The minimum absolute atomic E-state index is 0.453. The van der Waals surface area contributed by atoms with Gasteiger partial charge >= 0.3 is 0 Å². The third-order valence-corrected chi connectivity index (χ3v) is 3.20. The zero-order valence-electron chi connectivity index (χ0n) is 10.6. The largest absolute Gasteiger partial charge is 0.393 e. The summed E-state index contributed by atoms with van der Waals surface area (Å²) in [6, 6.07) is 4.57. The number of pyridine rings is 1. The van der Waals surface area contributed by atoms with E-state index < -0.39 is 0 Å². The zero-order valence-corrected chi connectivity index (χ0v) is 11.4. The van der Waals surface area contributed by atoms with E-state index in [0.717, 1.165) is 25.8 Å². The standard InChI is InChI=1S/C13H21N3S/c1-3-12(10-13(14)17)16(2)9-6-11-4-7-15-8-5-11/h4-5,7-8,12H,3,6,9-10H2,1-2H3,(H2,14,17). The fraction of sp³-hybridized carbons (Fsp3) is 0.538. The van der Waals surface area contributed by atoms with Crippen molar-refractivity contribution >= 4 is 17.2 Å². The zero-order chi connectivity index (χ0) is 12.7. The Morgan fingerprint density at radius 1 is 1.47 bits per heavy atom. The van der Waals surface area contributed by atoms with Crippen molar-refractivity contribution in [2.75, 3.05) is 13.6 Å². The van der Waals surface area contributed by atoms with Crippen LogP contribution in [0, 0.1) is 0 Å². The summed E-state index contributed by atoms with van der Waals surface area (Å²) in [6.45, 7) is 3.19. The van der Waals surface area contributed by atoms with Crippen molar-refractivity contribution in [3.05, 3.63) is 30.1 Å². The number of likely N-dealkylation sites (N-methyl/N-ethyl adjacent to an activating group) is 1. The summed E-state index contributed by atoms with van der Waals surface area (Å²) in [4.78, 5) is 6.95. The predicted octanol–water partition coefficient (Wildman–Crippen LogP) is 2.01. The highest BCUT2D eigenvalue weighted by Crippen LogP contribution is 2.08. The summed E-state index contributed by atoms with van der Waals surface area (Å²) in [6.07, 6.45) is 6.58. The normalized spacial score (nSPS) is 12.6. The van der Waals surface area contributed by atoms with Gasteiger partial charge in [-0.2, -0.15) is 0 Å². The third-order valence-electron chi connectivity index (χ3n) is 3.03. The van der Waals surface area contributed by atoms with Gasteiger partial charge in [0.05, 0.1) is 4.99 Å². The first kappa shape index (κ1) is 14.1. The van der Waals surface area contributed by atoms with E-state index in [1.54, 1.807) is 0 Å². The molecule has 4 heteroatoms. The smallest absolute Gasteiger partial charge is 0.0743 e. The van der Waals surface area contributed by atoms with Gasteiger partial charge in [-0.3, -0.25) is 4.98 Å². The number of nitrogens with two attached hydrogens (primary N) is 1. The fourth-order valence-corrected chi connectivity index (χ4v) is 2.07. The van der Waals surface area contributed by atoms with Crippen LogP contribution in [0.25, 0.3) is 0 Å². The van der Waals surface area contributed by atoms with Crippen LogP contribution in [0.1, 0.15) is 25.3 Å². The summed E-state index contributed by atoms with van der Waals surface area (Å²) in [5, 5.41) is 0. The third kappa shape index (κ3) is 5.24. The SMILES string of the molecule is CCC(CC(N)=S)N(C)CCc1ccncc1. The van der Waals surface area contributed by atoms with Crippen LogP contribution in [0.4, 0.5) is 0 Å². The number of thiocarbonyl (C=S) groups is 1. The van der Waals surface area contributed by atoms with E-state index in [1.165, 1.54) is 5.56 Å². The Bertz CT molecular complexity index is 340. The molecule has 0 aliphatic rings. The van der Waals surface area contributed by atoms with Gasteiger partial charge in [-0.1, -0.05) is 19.1 Å². The van der Waals surface area contributed by atoms with E-state index in [-0.39, 0.29) is 0 Å². The summed E-state index contributed by atoms with van der Waals surface area (Å²) < 4.78 is 0. The second-order valence-corrected chi connectivity index (χ2v) is 4.84. The van der Waals surface area contributed by atoms with E-state index >= 15 is 0 Å². The molecule has 1 aromatic heterocycles. The summed E-state index contributed by atoms with van der Waals surface area (Å²) >= 11 is 4.98. The van der Waals surface area contributed by atoms with Gasteiger partial charge < -0.3 is 10.6 Å². The highest BCUT2D eigenvalue weighted by atomic mass is 32.1. The number of nitrogens with zero attached hydrogens (tertiary/aromatic N) is 2. The summed E-state index contributed by atoms with van der Waals surface area (Å²) in [5.41, 5.74) is 6.93. The molecule has 1 aromatic rings. The van der Waals surface area contributed by atoms with E-state index in [2.05, 4.69) is 36.0 Å². The number of hydrogen-bond donors (Lipinski definition) is 1. The Balaban J connectivity index is 2.42. The summed E-state index contributed by atoms with van der Waals surface area (Å²) in [5.74, 6) is 0. The first-order chi connectivity index (χ1) is 8.13. The van der Waals surface area contributed by atoms with E-state index in [1.807, 2.05) is 12.4 Å². The molecule has 0 bridgehead atoms. The molecular weight excluding hydrogens is 230 g/mol. The molecule has 0 saturated carbocycles. The van der Waals surface area contributed by atoms with Gasteiger partial charge in [0.25, 0.3) is 0 Å². The Labute approximate surface area is 109 Å². The molecule has 1 rings (SSSR count). The topological polar surface area (TPSA) is 42.1 Å². The Kier molecular flexibility index (Phi) is 6.08. The van der Waals surface area contributed by atoms with Gasteiger partial charge in [-0.05, 0) is 37.6 Å². The lowest BCUT2D eigenvalue weighted by atomic mass is 10.1. The van der Waals surface area contributed by atoms with Crippen LogP contribution in [0.15, 0.2) is 24.5 Å². The minimum Gasteiger partial charge on any atom is -0.393 e. The van der Waals surface area contributed by atoms with Gasteiger partial charge in [0, 0.05) is 31.4 Å². The molecule has 0 aliphatic carbocycles. The average molecular weight is 251 g/mol. The molecule has 94 valence electrons. The van der Waals surface area contributed by atoms with Crippen molar-refractivity contribution in [1.29, 1.82) is 0 Å². The van der Waals surface area contributed by atoms with Crippen molar-refractivity contribution < 1.29 is 0 Å². The monoisotopic (exact) mass is 251 g/mol. The molecule has 0 fully saturated rings. The van der Waals surface area contributed by atoms with Gasteiger partial charge in [-0.15, -0.1) is 0 Å². The number of aromatic nitrogens is 1. The number of hydrogen-bond acceptors (Lipinski definition) is 3. The molecule has 1 atom stereocenters. The van der Waals surface area contributed by atoms with Gasteiger partial charge in [0.15, 0.2) is 0 Å². The number of rotatable bonds is 7. The molecule has 0 radical (unpaired) electrons. The highest BCUT2D eigenvalue weighted by Gasteiger charge is 2.13. The molecule has 0 saturated heterocycles. The first-order valence-electron chi connectivity index (χ1n) is 6.01. The molecule has 0 aliphatic heterocycles. The molecule has 0 spiro atoms. The lowest BCUT2D eigenvalue weighted by Crippen LogP contribution is -2.35. The van der Waals surface area contributed by atoms with Crippen molar-refractivity contribution in [2.24, 2.45) is 5.73 Å². The fourth-order valence-electron chi connectivity index (χ4n) is 1.88. The van der Waals surface area contributed by atoms with Crippen molar-refractivity contribution in [1.82, 2.24) is 9.88 Å². The molecule has 3 nitrogen and oxygen atoms in total. The average Bonchev–Trinajstić information content (AvgIpc) is 2.34. The second kappa shape index (κ2) is 7.35. The maximum atomic E-state index is 5.61. The molecule has 1 heterocycles. The minimum atomic E-state index is 0.453. The van der Waals surface area contributed by atoms with Crippen LogP contribution in [0.2, 0.25) is 0 Å². The van der Waals surface area contributed by atoms with Crippen LogP contribution < -0.4 is 5.73 Å². The van der Waals surface area contributed by atoms with Gasteiger partial charge in [-0.25, -0.2) is 0 Å². The molecule has 0 aromatic carbocycles. The van der Waals surface area contributed by atoms with Crippen LogP contribution in [-0.2, 0) is 6.42 Å².